The number of rotatable bonds is 3. The van der Waals surface area contributed by atoms with Gasteiger partial charge in [-0.15, -0.1) is 0 Å². The van der Waals surface area contributed by atoms with Gasteiger partial charge in [-0.25, -0.2) is 14.6 Å². The molecule has 1 rings (SSSR count). The van der Waals surface area contributed by atoms with E-state index in [0.717, 1.165) is 5.56 Å². The highest BCUT2D eigenvalue weighted by Gasteiger charge is 2.14. The van der Waals surface area contributed by atoms with Crippen LogP contribution in [-0.4, -0.2) is 31.1 Å². The normalized spacial score (nSPS) is 9.69. The molecule has 0 bridgehead atoms. The van der Waals surface area contributed by atoms with Gasteiger partial charge < -0.3 is 9.47 Å². The summed E-state index contributed by atoms with van der Waals surface area (Å²) in [6.45, 7) is 0. The zero-order valence-corrected chi connectivity index (χ0v) is 11.0. The minimum Gasteiger partial charge on any atom is -0.464 e. The molecule has 0 aliphatic carbocycles. The Bertz CT molecular complexity index is 385. The number of hydrogen-bond donors (Lipinski definition) is 0. The van der Waals surface area contributed by atoms with E-state index in [4.69, 9.17) is 0 Å². The molecule has 0 unspecified atom stereocenters. The molecular weight excluding hydrogens is 325 g/mol. The largest absolute Gasteiger partial charge is 0.464 e. The second kappa shape index (κ2) is 5.78. The van der Waals surface area contributed by atoms with E-state index in [1.54, 1.807) is 12.1 Å². The maximum Gasteiger partial charge on any atom is 0.356 e. The van der Waals surface area contributed by atoms with Crippen molar-refractivity contribution in [3.8, 4) is 0 Å². The number of carbonyl (C=O) groups excluding carboxylic acids is 2. The fraction of sp³-hybridized carbons (Fsp3) is 0.300. The number of methoxy groups -OCH3 is 2. The highest BCUT2D eigenvalue weighted by Crippen LogP contribution is 2.11. The third-order valence-electron chi connectivity index (χ3n) is 1.83. The van der Waals surface area contributed by atoms with E-state index in [2.05, 4.69) is 37.0 Å². The standard InChI is InChI=1S/C10H10INO4/c1-15-9(13)7-3-6(5-11)4-8(12-7)10(14)16-2/h3-4H,5H2,1-2H3. The van der Waals surface area contributed by atoms with Crippen LogP contribution in [-0.2, 0) is 13.9 Å². The Morgan fingerprint density at radius 1 is 1.19 bits per heavy atom. The topological polar surface area (TPSA) is 65.5 Å². The van der Waals surface area contributed by atoms with Gasteiger partial charge in [0, 0.05) is 4.43 Å². The molecule has 0 aliphatic heterocycles. The van der Waals surface area contributed by atoms with Gasteiger partial charge in [0.25, 0.3) is 0 Å². The fourth-order valence-electron chi connectivity index (χ4n) is 1.08. The molecule has 0 saturated carbocycles. The zero-order valence-electron chi connectivity index (χ0n) is 8.82. The van der Waals surface area contributed by atoms with Crippen molar-refractivity contribution in [3.63, 3.8) is 0 Å². The number of ether oxygens (including phenoxy) is 2. The van der Waals surface area contributed by atoms with Crippen molar-refractivity contribution in [1.82, 2.24) is 4.98 Å². The predicted octanol–water partition coefficient (Wildman–Crippen LogP) is 1.59. The molecule has 1 heterocycles. The summed E-state index contributed by atoms with van der Waals surface area (Å²) in [4.78, 5) is 26.5. The van der Waals surface area contributed by atoms with E-state index >= 15 is 0 Å². The smallest absolute Gasteiger partial charge is 0.356 e. The summed E-state index contributed by atoms with van der Waals surface area (Å²) in [6.07, 6.45) is 0. The molecule has 16 heavy (non-hydrogen) atoms. The molecule has 0 radical (unpaired) electrons. The number of halogens is 1. The second-order valence-corrected chi connectivity index (χ2v) is 3.63. The monoisotopic (exact) mass is 335 g/mol. The summed E-state index contributed by atoms with van der Waals surface area (Å²) < 4.78 is 9.76. The minimum atomic E-state index is -0.572. The van der Waals surface area contributed by atoms with Gasteiger partial charge in [-0.05, 0) is 17.7 Å². The van der Waals surface area contributed by atoms with Crippen LogP contribution in [0.5, 0.6) is 0 Å². The Hall–Kier alpha value is -1.18. The molecule has 0 amide bonds. The average Bonchev–Trinajstić information content (AvgIpc) is 2.35. The van der Waals surface area contributed by atoms with E-state index in [9.17, 15) is 9.59 Å². The Morgan fingerprint density at radius 3 is 1.94 bits per heavy atom. The highest BCUT2D eigenvalue weighted by molar-refractivity contribution is 14.1. The molecule has 0 atom stereocenters. The quantitative estimate of drug-likeness (QED) is 0.477. The first-order chi connectivity index (χ1) is 7.62. The lowest BCUT2D eigenvalue weighted by molar-refractivity contribution is 0.0585. The van der Waals surface area contributed by atoms with Gasteiger partial charge in [0.2, 0.25) is 0 Å². The Kier molecular flexibility index (Phi) is 4.66. The summed E-state index contributed by atoms with van der Waals surface area (Å²) in [6, 6.07) is 3.18. The minimum absolute atomic E-state index is 0.108. The third-order valence-corrected chi connectivity index (χ3v) is 2.71. The van der Waals surface area contributed by atoms with Crippen LogP contribution in [0.4, 0.5) is 0 Å². The van der Waals surface area contributed by atoms with Crippen molar-refractivity contribution in [2.45, 2.75) is 4.43 Å². The Balaban J connectivity index is 3.20. The van der Waals surface area contributed by atoms with Crippen molar-refractivity contribution in [1.29, 1.82) is 0 Å². The highest BCUT2D eigenvalue weighted by atomic mass is 127. The van der Waals surface area contributed by atoms with E-state index in [1.165, 1.54) is 14.2 Å². The van der Waals surface area contributed by atoms with Crippen molar-refractivity contribution >= 4 is 34.5 Å². The maximum absolute atomic E-state index is 11.3. The van der Waals surface area contributed by atoms with Gasteiger partial charge in [0.15, 0.2) is 0 Å². The molecule has 0 fully saturated rings. The van der Waals surface area contributed by atoms with Gasteiger partial charge >= 0.3 is 11.9 Å². The molecular formula is C10H10INO4. The number of alkyl halides is 1. The van der Waals surface area contributed by atoms with Gasteiger partial charge in [0.05, 0.1) is 14.2 Å². The molecule has 6 heteroatoms. The lowest BCUT2D eigenvalue weighted by Gasteiger charge is -2.04. The zero-order chi connectivity index (χ0) is 12.1. The molecule has 0 saturated heterocycles. The van der Waals surface area contributed by atoms with Crippen LogP contribution >= 0.6 is 22.6 Å². The second-order valence-electron chi connectivity index (χ2n) is 2.86. The van der Waals surface area contributed by atoms with E-state index in [-0.39, 0.29) is 11.4 Å². The summed E-state index contributed by atoms with van der Waals surface area (Å²) in [5, 5.41) is 0. The van der Waals surface area contributed by atoms with E-state index < -0.39 is 11.9 Å². The molecule has 0 N–H and O–H groups in total. The summed E-state index contributed by atoms with van der Waals surface area (Å²) in [5.74, 6) is -1.14. The summed E-state index contributed by atoms with van der Waals surface area (Å²) in [5.41, 5.74) is 1.03. The van der Waals surface area contributed by atoms with Crippen LogP contribution < -0.4 is 0 Å². The summed E-state index contributed by atoms with van der Waals surface area (Å²) >= 11 is 2.13. The number of aromatic nitrogens is 1. The molecule has 0 aliphatic rings. The van der Waals surface area contributed by atoms with Crippen LogP contribution in [0.2, 0.25) is 0 Å². The predicted molar refractivity (Wildman–Crippen MR) is 64.6 cm³/mol. The number of pyridine rings is 1. The Labute approximate surface area is 106 Å². The molecule has 0 aromatic carbocycles. The van der Waals surface area contributed by atoms with Crippen LogP contribution in [0.3, 0.4) is 0 Å². The first-order valence-electron chi connectivity index (χ1n) is 4.36. The van der Waals surface area contributed by atoms with Crippen LogP contribution in [0.1, 0.15) is 26.5 Å². The van der Waals surface area contributed by atoms with Gasteiger partial charge in [-0.2, -0.15) is 0 Å². The van der Waals surface area contributed by atoms with Gasteiger partial charge in [0.1, 0.15) is 11.4 Å². The number of hydrogen-bond acceptors (Lipinski definition) is 5. The van der Waals surface area contributed by atoms with E-state index in [1.807, 2.05) is 0 Å². The van der Waals surface area contributed by atoms with Gasteiger partial charge in [-0.3, -0.25) is 0 Å². The lowest BCUT2D eigenvalue weighted by atomic mass is 10.2. The number of carbonyl (C=O) groups is 2. The summed E-state index contributed by atoms with van der Waals surface area (Å²) in [7, 11) is 2.52. The molecule has 86 valence electrons. The van der Waals surface area contributed by atoms with Crippen molar-refractivity contribution in [2.75, 3.05) is 14.2 Å². The Morgan fingerprint density at radius 2 is 1.62 bits per heavy atom. The molecule has 1 aromatic heterocycles. The van der Waals surface area contributed by atoms with Crippen LogP contribution in [0.25, 0.3) is 0 Å². The molecule has 1 aromatic rings. The maximum atomic E-state index is 11.3. The fourth-order valence-corrected chi connectivity index (χ4v) is 1.52. The molecule has 5 nitrogen and oxygen atoms in total. The van der Waals surface area contributed by atoms with Crippen molar-refractivity contribution in [2.24, 2.45) is 0 Å². The lowest BCUT2D eigenvalue weighted by Crippen LogP contribution is -2.11. The SMILES string of the molecule is COC(=O)c1cc(CI)cc(C(=O)OC)n1. The van der Waals surface area contributed by atoms with Crippen molar-refractivity contribution in [3.05, 3.63) is 29.1 Å². The number of nitrogens with zero attached hydrogens (tertiary/aromatic N) is 1. The first kappa shape index (κ1) is 12.9. The average molecular weight is 335 g/mol. The van der Waals surface area contributed by atoms with Gasteiger partial charge in [-0.1, -0.05) is 22.6 Å². The number of esters is 2. The van der Waals surface area contributed by atoms with Crippen LogP contribution in [0.15, 0.2) is 12.1 Å². The van der Waals surface area contributed by atoms with E-state index in [0.29, 0.717) is 4.43 Å². The first-order valence-corrected chi connectivity index (χ1v) is 5.88. The van der Waals surface area contributed by atoms with Crippen LogP contribution in [0, 0.1) is 0 Å². The van der Waals surface area contributed by atoms with Crippen molar-refractivity contribution < 1.29 is 19.1 Å². The molecule has 0 spiro atoms. The third kappa shape index (κ3) is 2.91.